The van der Waals surface area contributed by atoms with E-state index in [0.29, 0.717) is 17.7 Å². The molecule has 0 heterocycles. The Morgan fingerprint density at radius 1 is 0.848 bits per heavy atom. The zero-order valence-corrected chi connectivity index (χ0v) is 17.9. The third-order valence-electron chi connectivity index (χ3n) is 3.71. The molecule has 2 rings (SSSR count). The quantitative estimate of drug-likeness (QED) is 0.444. The van der Waals surface area contributed by atoms with E-state index in [4.69, 9.17) is 9.84 Å². The van der Waals surface area contributed by atoms with Crippen molar-refractivity contribution < 1.29 is 50.9 Å². The number of hydrogen-bond donors (Lipinski definition) is 1. The molecule has 0 saturated carbocycles. The zero-order valence-electron chi connectivity index (χ0n) is 17.9. The van der Waals surface area contributed by atoms with E-state index in [9.17, 15) is 31.5 Å². The molecule has 0 aromatic heterocycles. The number of carbonyl (C=O) groups is 2. The maximum Gasteiger partial charge on any atom is 0.422 e. The molecule has 0 aliphatic heterocycles. The summed E-state index contributed by atoms with van der Waals surface area (Å²) in [5.41, 5.74) is 0.786. The van der Waals surface area contributed by atoms with Crippen LogP contribution in [0.2, 0.25) is 0 Å². The number of alkyl halides is 3. The second-order valence-corrected chi connectivity index (χ2v) is 6.42. The van der Waals surface area contributed by atoms with E-state index in [-0.39, 0.29) is 19.4 Å². The first kappa shape index (κ1) is 27.7. The first-order chi connectivity index (χ1) is 15.4. The fourth-order valence-electron chi connectivity index (χ4n) is 2.35. The zero-order chi connectivity index (χ0) is 25.0. The van der Waals surface area contributed by atoms with Crippen LogP contribution in [0.1, 0.15) is 25.0 Å². The van der Waals surface area contributed by atoms with Gasteiger partial charge in [-0.2, -0.15) is 13.2 Å². The summed E-state index contributed by atoms with van der Waals surface area (Å²) in [6.45, 7) is 2.27. The Kier molecular flexibility index (Phi) is 11.1. The Hall–Kier alpha value is -3.37. The summed E-state index contributed by atoms with van der Waals surface area (Å²) >= 11 is 0. The van der Waals surface area contributed by atoms with Gasteiger partial charge in [-0.05, 0) is 49.2 Å². The van der Waals surface area contributed by atoms with Crippen molar-refractivity contribution in [1.82, 2.24) is 0 Å². The minimum Gasteiger partial charge on any atom is -0.505 e. The smallest absolute Gasteiger partial charge is 0.422 e. The van der Waals surface area contributed by atoms with Crippen molar-refractivity contribution in [3.05, 3.63) is 59.2 Å². The van der Waals surface area contributed by atoms with E-state index in [1.54, 1.807) is 13.8 Å². The van der Waals surface area contributed by atoms with Crippen molar-refractivity contribution in [1.29, 1.82) is 0 Å². The molecule has 0 aliphatic rings. The lowest BCUT2D eigenvalue weighted by Gasteiger charge is -2.10. The first-order valence-electron chi connectivity index (χ1n) is 9.71. The lowest BCUT2D eigenvalue weighted by atomic mass is 10.1. The Labute approximate surface area is 186 Å². The average Bonchev–Trinajstić information content (AvgIpc) is 2.70. The molecule has 0 atom stereocenters. The highest BCUT2D eigenvalue weighted by molar-refractivity contribution is 5.73. The molecular weight excluding hydrogens is 455 g/mol. The predicted octanol–water partition coefficient (Wildman–Crippen LogP) is 4.51. The van der Waals surface area contributed by atoms with Gasteiger partial charge in [0.05, 0.1) is 26.1 Å². The van der Waals surface area contributed by atoms with Gasteiger partial charge in [0, 0.05) is 0 Å². The van der Waals surface area contributed by atoms with E-state index in [0.717, 1.165) is 18.2 Å². The Morgan fingerprint density at radius 2 is 1.33 bits per heavy atom. The third kappa shape index (κ3) is 11.2. The fourth-order valence-corrected chi connectivity index (χ4v) is 2.35. The summed E-state index contributed by atoms with van der Waals surface area (Å²) in [6.07, 6.45) is -4.66. The maximum atomic E-state index is 13.4. The number of hydrogen-bond acceptors (Lipinski definition) is 6. The molecule has 1 N–H and O–H groups in total. The van der Waals surface area contributed by atoms with Gasteiger partial charge in [-0.25, -0.2) is 8.78 Å². The summed E-state index contributed by atoms with van der Waals surface area (Å²) in [5, 5.41) is 8.89. The SMILES string of the molecule is CCOC(=O)Cc1ccc(O)c(F)c1.CCOC(=O)Cc1ccc(OCC(F)(F)F)c(F)c1. The van der Waals surface area contributed by atoms with Gasteiger partial charge in [-0.15, -0.1) is 0 Å². The van der Waals surface area contributed by atoms with Crippen LogP contribution in [0.15, 0.2) is 36.4 Å². The third-order valence-corrected chi connectivity index (χ3v) is 3.71. The average molecular weight is 478 g/mol. The molecule has 182 valence electrons. The topological polar surface area (TPSA) is 82.1 Å². The number of halogens is 5. The van der Waals surface area contributed by atoms with E-state index in [1.807, 2.05) is 0 Å². The summed E-state index contributed by atoms with van der Waals surface area (Å²) in [4.78, 5) is 22.1. The van der Waals surface area contributed by atoms with E-state index >= 15 is 0 Å². The first-order valence-corrected chi connectivity index (χ1v) is 9.71. The molecule has 33 heavy (non-hydrogen) atoms. The second kappa shape index (κ2) is 13.2. The molecule has 0 fully saturated rings. The Balaban J connectivity index is 0.000000346. The molecule has 0 bridgehead atoms. The van der Waals surface area contributed by atoms with Crippen LogP contribution in [-0.4, -0.2) is 43.0 Å². The van der Waals surface area contributed by atoms with Gasteiger partial charge in [0.2, 0.25) is 0 Å². The number of ether oxygens (including phenoxy) is 3. The molecule has 0 aliphatic carbocycles. The molecule has 2 aromatic carbocycles. The molecule has 6 nitrogen and oxygen atoms in total. The van der Waals surface area contributed by atoms with Gasteiger partial charge < -0.3 is 19.3 Å². The van der Waals surface area contributed by atoms with Crippen molar-refractivity contribution in [2.75, 3.05) is 19.8 Å². The summed E-state index contributed by atoms with van der Waals surface area (Å²) in [7, 11) is 0. The summed E-state index contributed by atoms with van der Waals surface area (Å²) < 4.78 is 75.6. The van der Waals surface area contributed by atoms with Gasteiger partial charge in [-0.3, -0.25) is 9.59 Å². The van der Waals surface area contributed by atoms with Crippen molar-refractivity contribution in [3.63, 3.8) is 0 Å². The highest BCUT2D eigenvalue weighted by atomic mass is 19.4. The largest absolute Gasteiger partial charge is 0.505 e. The Morgan fingerprint density at radius 3 is 1.76 bits per heavy atom. The van der Waals surface area contributed by atoms with Crippen LogP contribution in [0, 0.1) is 11.6 Å². The molecule has 0 radical (unpaired) electrons. The van der Waals surface area contributed by atoms with Crippen molar-refractivity contribution in [2.45, 2.75) is 32.9 Å². The lowest BCUT2D eigenvalue weighted by Crippen LogP contribution is -2.19. The highest BCUT2D eigenvalue weighted by Gasteiger charge is 2.29. The maximum absolute atomic E-state index is 13.4. The molecular formula is C22H23F5O6. The molecule has 11 heteroatoms. The molecule has 0 saturated heterocycles. The number of phenolic OH excluding ortho intramolecular Hbond substituents is 1. The van der Waals surface area contributed by atoms with Gasteiger partial charge >= 0.3 is 18.1 Å². The van der Waals surface area contributed by atoms with Crippen LogP contribution in [0.3, 0.4) is 0 Å². The number of carbonyl (C=O) groups excluding carboxylic acids is 2. The van der Waals surface area contributed by atoms with Gasteiger partial charge in [-0.1, -0.05) is 12.1 Å². The molecule has 0 amide bonds. The van der Waals surface area contributed by atoms with Crippen molar-refractivity contribution in [2.24, 2.45) is 0 Å². The number of benzene rings is 2. The number of aromatic hydroxyl groups is 1. The van der Waals surface area contributed by atoms with Crippen LogP contribution in [0.4, 0.5) is 22.0 Å². The number of rotatable bonds is 8. The minimum absolute atomic E-state index is 0.0189. The van der Waals surface area contributed by atoms with E-state index in [2.05, 4.69) is 9.47 Å². The van der Waals surface area contributed by atoms with Crippen molar-refractivity contribution in [3.8, 4) is 11.5 Å². The Bertz CT molecular complexity index is 930. The molecule has 0 spiro atoms. The van der Waals surface area contributed by atoms with Crippen LogP contribution >= 0.6 is 0 Å². The van der Waals surface area contributed by atoms with Gasteiger partial charge in [0.25, 0.3) is 0 Å². The number of esters is 2. The second-order valence-electron chi connectivity index (χ2n) is 6.42. The van der Waals surface area contributed by atoms with Crippen LogP contribution < -0.4 is 4.74 Å². The number of phenols is 1. The van der Waals surface area contributed by atoms with Crippen molar-refractivity contribution >= 4 is 11.9 Å². The van der Waals surface area contributed by atoms with Crippen LogP contribution in [0.25, 0.3) is 0 Å². The van der Waals surface area contributed by atoms with Gasteiger partial charge in [0.1, 0.15) is 0 Å². The normalized spacial score (nSPS) is 10.6. The molecule has 0 unspecified atom stereocenters. The minimum atomic E-state index is -4.53. The molecule has 2 aromatic rings. The van der Waals surface area contributed by atoms with Crippen LogP contribution in [-0.2, 0) is 31.9 Å². The monoisotopic (exact) mass is 478 g/mol. The standard InChI is InChI=1S/C12H12F4O3.C10H11FO3/c1-2-18-11(17)6-8-3-4-10(9(13)5-8)19-7-12(14,15)16;1-2-14-10(13)6-7-3-4-9(12)8(11)5-7/h3-5H,2,6-7H2,1H3;3-5,12H,2,6H2,1H3. The van der Waals surface area contributed by atoms with E-state index < -0.39 is 47.9 Å². The summed E-state index contributed by atoms with van der Waals surface area (Å²) in [5.74, 6) is -3.55. The lowest BCUT2D eigenvalue weighted by molar-refractivity contribution is -0.153. The highest BCUT2D eigenvalue weighted by Crippen LogP contribution is 2.22. The van der Waals surface area contributed by atoms with E-state index in [1.165, 1.54) is 18.2 Å². The van der Waals surface area contributed by atoms with Gasteiger partial charge in [0.15, 0.2) is 29.7 Å². The van der Waals surface area contributed by atoms with Crippen LogP contribution in [0.5, 0.6) is 11.5 Å². The predicted molar refractivity (Wildman–Crippen MR) is 107 cm³/mol. The fraction of sp³-hybridized carbons (Fsp3) is 0.364. The summed E-state index contributed by atoms with van der Waals surface area (Å²) in [6, 6.07) is 7.12.